The fourth-order valence-corrected chi connectivity index (χ4v) is 9.77. The lowest BCUT2D eigenvalue weighted by Gasteiger charge is -2.38. The summed E-state index contributed by atoms with van der Waals surface area (Å²) in [5, 5.41) is 14.6. The van der Waals surface area contributed by atoms with Gasteiger partial charge in [0.1, 0.15) is 17.2 Å². The van der Waals surface area contributed by atoms with Crippen molar-refractivity contribution < 1.29 is 32.4 Å². The van der Waals surface area contributed by atoms with Crippen molar-refractivity contribution in [3.05, 3.63) is 59.7 Å². The zero-order valence-corrected chi connectivity index (χ0v) is 34.7. The third-order valence-corrected chi connectivity index (χ3v) is 12.9. The Bertz CT molecular complexity index is 2120. The van der Waals surface area contributed by atoms with Crippen molar-refractivity contribution in [2.45, 2.75) is 109 Å². The molecule has 3 aromatic rings. The zero-order chi connectivity index (χ0) is 41.9. The number of para-hydroxylation sites is 1. The number of fused-ring (bicyclic) bond motifs is 3. The minimum absolute atomic E-state index is 0.0454. The monoisotopic (exact) mass is 829 g/mol. The minimum atomic E-state index is -2.72. The van der Waals surface area contributed by atoms with Crippen LogP contribution in [0.5, 0.6) is 0 Å². The quantitative estimate of drug-likeness (QED) is 0.0852. The maximum Gasteiger partial charge on any atom is 0.282 e. The first-order valence-corrected chi connectivity index (χ1v) is 21.7. The number of hydrogen-bond acceptors (Lipinski definition) is 10. The SMILES string of the molecule is C=C/C(=C(\C)N=C(CCC)N1CC2CCC(C1)O2)c1cn(C2CCC(CN3CCN(CC(=O)Nc4cccc5c(C6CCC(=O)NC6=O)noc45)CC3)CC2)nc1C(F)F. The van der Waals surface area contributed by atoms with E-state index in [-0.39, 0.29) is 48.7 Å². The highest BCUT2D eigenvalue weighted by Crippen LogP contribution is 2.37. The molecule has 3 unspecified atom stereocenters. The number of amidine groups is 1. The summed E-state index contributed by atoms with van der Waals surface area (Å²) in [5.74, 6) is 0.0419. The van der Waals surface area contributed by atoms with E-state index in [1.165, 1.54) is 0 Å². The Balaban J connectivity index is 0.826. The lowest BCUT2D eigenvalue weighted by Crippen LogP contribution is -2.49. The number of nitrogens with zero attached hydrogens (tertiary/aromatic N) is 7. The number of ether oxygens (including phenoxy) is 1. The van der Waals surface area contributed by atoms with Crippen LogP contribution in [0.15, 0.2) is 52.3 Å². The van der Waals surface area contributed by atoms with Crippen LogP contribution < -0.4 is 10.6 Å². The first kappa shape index (κ1) is 41.9. The van der Waals surface area contributed by atoms with E-state index < -0.39 is 18.3 Å². The number of hydrogen-bond donors (Lipinski definition) is 2. The molecular weight excluding hydrogens is 773 g/mol. The normalized spacial score (nSPS) is 26.1. The van der Waals surface area contributed by atoms with Crippen molar-refractivity contribution >= 4 is 45.8 Å². The molecule has 2 N–H and O–H groups in total. The average molecular weight is 830 g/mol. The standard InChI is InChI=1S/C44H57F2N9O5/c1-4-7-37(54-23-30-14-15-31(24-54)59-30)47-27(3)32(5-2)35-25-55(50-41(35)43(45)46)29-12-10-28(11-13-29)22-52-18-20-53(21-19-52)26-39(57)48-36-9-6-8-33-40(51-60-42(33)36)34-16-17-38(56)49-44(34)58/h5-6,8-9,25,28-31,34,43H,2,4,7,10-24,26H2,1,3H3,(H,48,57)(H,49,56,58)/b32-27-,47-37?. The number of aromatic nitrogens is 3. The van der Waals surface area contributed by atoms with Crippen molar-refractivity contribution in [3.8, 4) is 0 Å². The van der Waals surface area contributed by atoms with Crippen molar-refractivity contribution in [1.29, 1.82) is 0 Å². The number of morpholine rings is 1. The van der Waals surface area contributed by atoms with Gasteiger partial charge in [0.2, 0.25) is 17.7 Å². The molecule has 4 aliphatic heterocycles. The van der Waals surface area contributed by atoms with Gasteiger partial charge < -0.3 is 24.4 Å². The number of allylic oxidation sites excluding steroid dienone is 3. The molecule has 5 fully saturated rings. The van der Waals surface area contributed by atoms with Crippen molar-refractivity contribution in [2.75, 3.05) is 57.7 Å². The number of aliphatic imine (C=N–C) groups is 1. The summed E-state index contributed by atoms with van der Waals surface area (Å²) in [6, 6.07) is 5.39. The van der Waals surface area contributed by atoms with E-state index in [9.17, 15) is 23.2 Å². The molecule has 16 heteroatoms. The van der Waals surface area contributed by atoms with Gasteiger partial charge in [-0.3, -0.25) is 29.3 Å². The van der Waals surface area contributed by atoms with E-state index in [1.54, 1.807) is 35.2 Å². The molecule has 4 saturated heterocycles. The fraction of sp³-hybridized carbons (Fsp3) is 0.591. The Kier molecular flexibility index (Phi) is 12.9. The molecular formula is C44H57F2N9O5. The number of piperidine rings is 1. The van der Waals surface area contributed by atoms with Crippen LogP contribution in [-0.4, -0.2) is 118 Å². The van der Waals surface area contributed by atoms with Crippen molar-refractivity contribution in [2.24, 2.45) is 10.9 Å². The lowest BCUT2D eigenvalue weighted by atomic mass is 9.85. The Labute approximate surface area is 349 Å². The van der Waals surface area contributed by atoms with Crippen LogP contribution >= 0.6 is 0 Å². The summed E-state index contributed by atoms with van der Waals surface area (Å²) in [6.07, 6.45) is 9.34. The Morgan fingerprint density at radius 3 is 2.47 bits per heavy atom. The molecule has 14 nitrogen and oxygen atoms in total. The molecule has 1 aromatic carbocycles. The number of carbonyl (C=O) groups excluding carboxylic acids is 3. The van der Waals surface area contributed by atoms with Crippen molar-refractivity contribution in [3.63, 3.8) is 0 Å². The second kappa shape index (κ2) is 18.4. The molecule has 1 aliphatic carbocycles. The average Bonchev–Trinajstić information content (AvgIpc) is 3.96. The molecule has 3 amide bonds. The number of piperazine rings is 1. The van der Waals surface area contributed by atoms with Crippen LogP contribution in [0, 0.1) is 5.92 Å². The second-order valence-electron chi connectivity index (χ2n) is 17.1. The van der Waals surface area contributed by atoms with Crippen molar-refractivity contribution in [1.82, 2.24) is 35.0 Å². The van der Waals surface area contributed by atoms with Gasteiger partial charge in [-0.2, -0.15) is 5.10 Å². The highest BCUT2D eigenvalue weighted by Gasteiger charge is 2.36. The molecule has 0 radical (unpaired) electrons. The van der Waals surface area contributed by atoms with E-state index in [0.29, 0.717) is 51.5 Å². The number of carbonyl (C=O) groups is 3. The van der Waals surface area contributed by atoms with Crippen LogP contribution in [0.4, 0.5) is 14.5 Å². The molecule has 3 atom stereocenters. The number of alkyl halides is 2. The summed E-state index contributed by atoms with van der Waals surface area (Å²) < 4.78 is 42.5. The van der Waals surface area contributed by atoms with E-state index in [4.69, 9.17) is 14.3 Å². The first-order chi connectivity index (χ1) is 29.1. The molecule has 322 valence electrons. The van der Waals surface area contributed by atoms with Gasteiger partial charge in [-0.1, -0.05) is 30.8 Å². The van der Waals surface area contributed by atoms with Crippen LogP contribution in [0.1, 0.15) is 113 Å². The number of nitrogens with one attached hydrogen (secondary N) is 2. The molecule has 1 saturated carbocycles. The summed E-state index contributed by atoms with van der Waals surface area (Å²) >= 11 is 0. The van der Waals surface area contributed by atoms with Crippen LogP contribution in [0.25, 0.3) is 16.5 Å². The highest BCUT2D eigenvalue weighted by molar-refractivity contribution is 6.05. The fourth-order valence-electron chi connectivity index (χ4n) is 9.77. The number of benzene rings is 1. The first-order valence-electron chi connectivity index (χ1n) is 21.7. The van der Waals surface area contributed by atoms with Gasteiger partial charge in [0.25, 0.3) is 6.43 Å². The summed E-state index contributed by atoms with van der Waals surface area (Å²) in [4.78, 5) is 49.2. The molecule has 60 heavy (non-hydrogen) atoms. The molecule has 2 aromatic heterocycles. The summed E-state index contributed by atoms with van der Waals surface area (Å²) in [7, 11) is 0. The van der Waals surface area contributed by atoms with Gasteiger partial charge in [-0.05, 0) is 76.3 Å². The zero-order valence-electron chi connectivity index (χ0n) is 34.7. The maximum absolute atomic E-state index is 14.5. The number of rotatable bonds is 13. The molecule has 0 spiro atoms. The smallest absolute Gasteiger partial charge is 0.282 e. The lowest BCUT2D eigenvalue weighted by molar-refractivity contribution is -0.134. The maximum atomic E-state index is 14.5. The predicted molar refractivity (Wildman–Crippen MR) is 223 cm³/mol. The third kappa shape index (κ3) is 9.25. The van der Waals surface area contributed by atoms with Gasteiger partial charge in [0.15, 0.2) is 5.58 Å². The Morgan fingerprint density at radius 2 is 1.78 bits per heavy atom. The van der Waals surface area contributed by atoms with Crippen LogP contribution in [0.2, 0.25) is 0 Å². The number of likely N-dealkylation sites (tertiary alicyclic amines) is 1. The number of halogens is 2. The topological polar surface area (TPSA) is 150 Å². The van der Waals surface area contributed by atoms with Gasteiger partial charge in [0.05, 0.1) is 36.4 Å². The largest absolute Gasteiger partial charge is 0.371 e. The minimum Gasteiger partial charge on any atom is -0.371 e. The van der Waals surface area contributed by atoms with Crippen LogP contribution in [-0.2, 0) is 19.1 Å². The number of amides is 3. The Morgan fingerprint density at radius 1 is 1.05 bits per heavy atom. The molecule has 2 bridgehead atoms. The van der Waals surface area contributed by atoms with E-state index in [0.717, 1.165) is 103 Å². The molecule has 5 aliphatic rings. The van der Waals surface area contributed by atoms with Crippen LogP contribution in [0.3, 0.4) is 0 Å². The molecule has 6 heterocycles. The van der Waals surface area contributed by atoms with Gasteiger partial charge in [-0.15, -0.1) is 0 Å². The van der Waals surface area contributed by atoms with E-state index in [1.807, 2.05) is 6.92 Å². The number of imide groups is 1. The highest BCUT2D eigenvalue weighted by atomic mass is 19.3. The van der Waals surface area contributed by atoms with Gasteiger partial charge in [-0.25, -0.2) is 13.8 Å². The third-order valence-electron chi connectivity index (χ3n) is 12.9. The second-order valence-corrected chi connectivity index (χ2v) is 17.1. The molecule has 8 rings (SSSR count). The summed E-state index contributed by atoms with van der Waals surface area (Å²) in [5.41, 5.74) is 2.81. The van der Waals surface area contributed by atoms with Gasteiger partial charge in [0, 0.05) is 87.1 Å². The summed E-state index contributed by atoms with van der Waals surface area (Å²) in [6.45, 7) is 14.1. The predicted octanol–water partition coefficient (Wildman–Crippen LogP) is 6.45. The van der Waals surface area contributed by atoms with Gasteiger partial charge >= 0.3 is 0 Å². The van der Waals surface area contributed by atoms with E-state index in [2.05, 4.69) is 49.1 Å². The number of anilines is 1. The van der Waals surface area contributed by atoms with E-state index >= 15 is 0 Å². The Hall–Kier alpha value is -4.80.